The van der Waals surface area contributed by atoms with Crippen LogP contribution >= 0.6 is 22.6 Å². The first-order chi connectivity index (χ1) is 1.89. The lowest BCUT2D eigenvalue weighted by atomic mass is 11.0. The average Bonchev–Trinajstić information content (AvgIpc) is 1.75. The van der Waals surface area contributed by atoms with E-state index in [0.717, 1.165) is 0 Å². The second-order valence-corrected chi connectivity index (χ2v) is 2.54. The Morgan fingerprint density at radius 2 is 1.75 bits per heavy atom. The van der Waals surface area contributed by atoms with Crippen molar-refractivity contribution in [2.45, 2.75) is 12.8 Å². The molecule has 1 rings (SSSR count). The highest BCUT2D eigenvalue weighted by Crippen LogP contribution is 2.38. The fourth-order valence-corrected chi connectivity index (χ4v) is 0.317. The highest BCUT2D eigenvalue weighted by atomic mass is 127. The standard InChI is InChI=1S/C3H4I/c4-3-1-2-3/h1-2H2. The first-order valence-electron chi connectivity index (χ1n) is 1.40. The zero-order valence-electron chi connectivity index (χ0n) is 2.29. The monoisotopic (exact) mass is 167 g/mol. The van der Waals surface area contributed by atoms with E-state index in [1.807, 2.05) is 0 Å². The third-order valence-electron chi connectivity index (χ3n) is 0.439. The van der Waals surface area contributed by atoms with Crippen LogP contribution in [0, 0.1) is 3.92 Å². The lowest BCUT2D eigenvalue weighted by Gasteiger charge is -1.49. The molecule has 0 heterocycles. The summed E-state index contributed by atoms with van der Waals surface area (Å²) in [7, 11) is 0. The SMILES string of the molecule is I[C]1CC1. The molecule has 1 saturated carbocycles. The predicted molar refractivity (Wildman–Crippen MR) is 26.5 cm³/mol. The van der Waals surface area contributed by atoms with Gasteiger partial charge in [-0.1, -0.05) is 22.6 Å². The van der Waals surface area contributed by atoms with Crippen LogP contribution in [0.1, 0.15) is 12.8 Å². The molecule has 1 heteroatoms. The van der Waals surface area contributed by atoms with E-state index in [4.69, 9.17) is 0 Å². The van der Waals surface area contributed by atoms with Crippen LogP contribution in [0.3, 0.4) is 0 Å². The maximum Gasteiger partial charge on any atom is 0.0368 e. The Morgan fingerprint density at radius 1 is 1.50 bits per heavy atom. The van der Waals surface area contributed by atoms with Crippen LogP contribution < -0.4 is 0 Å². The summed E-state index contributed by atoms with van der Waals surface area (Å²) < 4.78 is 1.64. The largest absolute Gasteiger partial charge is 0.0774 e. The lowest BCUT2D eigenvalue weighted by molar-refractivity contribution is 1.50. The first kappa shape index (κ1) is 2.94. The van der Waals surface area contributed by atoms with Crippen molar-refractivity contribution >= 4 is 22.6 Å². The molecule has 0 spiro atoms. The number of hydrogen-bond donors (Lipinski definition) is 0. The second-order valence-electron chi connectivity index (χ2n) is 1.02. The summed E-state index contributed by atoms with van der Waals surface area (Å²) in [6, 6.07) is 0. The van der Waals surface area contributed by atoms with E-state index in [-0.39, 0.29) is 0 Å². The maximum absolute atomic E-state index is 2.37. The van der Waals surface area contributed by atoms with Gasteiger partial charge in [0.05, 0.1) is 0 Å². The molecule has 1 aliphatic rings. The van der Waals surface area contributed by atoms with E-state index in [0.29, 0.717) is 0 Å². The molecule has 23 valence electrons. The van der Waals surface area contributed by atoms with Crippen molar-refractivity contribution in [1.82, 2.24) is 0 Å². The minimum atomic E-state index is 1.39. The highest BCUT2D eigenvalue weighted by molar-refractivity contribution is 14.1. The van der Waals surface area contributed by atoms with Gasteiger partial charge in [-0.05, 0) is 12.8 Å². The second kappa shape index (κ2) is 0.847. The fourth-order valence-electron chi connectivity index (χ4n) is 0.0472. The van der Waals surface area contributed by atoms with Crippen LogP contribution in [0.4, 0.5) is 0 Å². The predicted octanol–water partition coefficient (Wildman–Crippen LogP) is 1.75. The Hall–Kier alpha value is 0.730. The number of rotatable bonds is 0. The van der Waals surface area contributed by atoms with Crippen molar-refractivity contribution in [3.05, 3.63) is 3.92 Å². The molecule has 0 N–H and O–H groups in total. The van der Waals surface area contributed by atoms with Crippen LogP contribution in [0.5, 0.6) is 0 Å². The first-order valence-corrected chi connectivity index (χ1v) is 2.47. The van der Waals surface area contributed by atoms with Crippen LogP contribution in [0.25, 0.3) is 0 Å². The fraction of sp³-hybridized carbons (Fsp3) is 0.667. The molecule has 1 fully saturated rings. The Kier molecular flexibility index (Phi) is 0.623. The maximum atomic E-state index is 2.37. The molecule has 0 aliphatic heterocycles. The number of halogens is 1. The van der Waals surface area contributed by atoms with E-state index in [9.17, 15) is 0 Å². The molecule has 1 aliphatic carbocycles. The van der Waals surface area contributed by atoms with Gasteiger partial charge in [0.15, 0.2) is 0 Å². The minimum absolute atomic E-state index is 1.39. The Labute approximate surface area is 39.7 Å². The van der Waals surface area contributed by atoms with Crippen molar-refractivity contribution in [2.24, 2.45) is 0 Å². The molecule has 0 aromatic carbocycles. The molecule has 0 aromatic rings. The third kappa shape index (κ3) is 0.587. The molecular formula is C3H4I. The van der Waals surface area contributed by atoms with Crippen molar-refractivity contribution < 1.29 is 0 Å². The van der Waals surface area contributed by atoms with Gasteiger partial charge in [0.2, 0.25) is 0 Å². The van der Waals surface area contributed by atoms with Gasteiger partial charge in [-0.2, -0.15) is 0 Å². The number of hydrogen-bond acceptors (Lipinski definition) is 0. The highest BCUT2D eigenvalue weighted by Gasteiger charge is 2.16. The van der Waals surface area contributed by atoms with E-state index >= 15 is 0 Å². The van der Waals surface area contributed by atoms with Gasteiger partial charge in [0.1, 0.15) is 0 Å². The van der Waals surface area contributed by atoms with Crippen molar-refractivity contribution in [1.29, 1.82) is 0 Å². The summed E-state index contributed by atoms with van der Waals surface area (Å²) in [5.41, 5.74) is 0. The summed E-state index contributed by atoms with van der Waals surface area (Å²) in [6.07, 6.45) is 2.78. The van der Waals surface area contributed by atoms with E-state index < -0.39 is 0 Å². The molecule has 0 saturated heterocycles. The molecule has 0 bridgehead atoms. The van der Waals surface area contributed by atoms with E-state index in [1.165, 1.54) is 12.8 Å². The Morgan fingerprint density at radius 3 is 1.75 bits per heavy atom. The van der Waals surface area contributed by atoms with Gasteiger partial charge < -0.3 is 0 Å². The summed E-state index contributed by atoms with van der Waals surface area (Å²) in [4.78, 5) is 0. The summed E-state index contributed by atoms with van der Waals surface area (Å²) in [5, 5.41) is 0. The zero-order chi connectivity index (χ0) is 2.99. The molecular weight excluding hydrogens is 163 g/mol. The summed E-state index contributed by atoms with van der Waals surface area (Å²) in [5.74, 6) is 0. The lowest BCUT2D eigenvalue weighted by Crippen LogP contribution is -1.23. The molecule has 0 amide bonds. The molecule has 4 heavy (non-hydrogen) atoms. The van der Waals surface area contributed by atoms with Crippen LogP contribution in [0.15, 0.2) is 0 Å². The molecule has 0 atom stereocenters. The zero-order valence-corrected chi connectivity index (χ0v) is 4.45. The van der Waals surface area contributed by atoms with E-state index in [1.54, 1.807) is 3.92 Å². The van der Waals surface area contributed by atoms with Crippen molar-refractivity contribution in [3.63, 3.8) is 0 Å². The van der Waals surface area contributed by atoms with Gasteiger partial charge in [-0.15, -0.1) is 0 Å². The molecule has 0 unspecified atom stereocenters. The van der Waals surface area contributed by atoms with Gasteiger partial charge in [-0.3, -0.25) is 0 Å². The Bertz CT molecular complexity index is 22.5. The van der Waals surface area contributed by atoms with Gasteiger partial charge in [-0.25, -0.2) is 0 Å². The van der Waals surface area contributed by atoms with Gasteiger partial charge in [0, 0.05) is 3.92 Å². The molecule has 0 nitrogen and oxygen atoms in total. The molecule has 0 aromatic heterocycles. The quantitative estimate of drug-likeness (QED) is 0.482. The van der Waals surface area contributed by atoms with E-state index in [2.05, 4.69) is 22.6 Å². The van der Waals surface area contributed by atoms with Gasteiger partial charge >= 0.3 is 0 Å². The summed E-state index contributed by atoms with van der Waals surface area (Å²) in [6.45, 7) is 0. The molecule has 1 radical (unpaired) electrons. The average molecular weight is 167 g/mol. The minimum Gasteiger partial charge on any atom is -0.0774 e. The van der Waals surface area contributed by atoms with Gasteiger partial charge in [0.25, 0.3) is 0 Å². The van der Waals surface area contributed by atoms with Crippen molar-refractivity contribution in [2.75, 3.05) is 0 Å². The third-order valence-corrected chi connectivity index (χ3v) is 1.52. The normalized spacial score (nSPS) is 26.2. The van der Waals surface area contributed by atoms with Crippen LogP contribution in [-0.2, 0) is 0 Å². The van der Waals surface area contributed by atoms with Crippen molar-refractivity contribution in [3.8, 4) is 0 Å². The Balaban J connectivity index is 2.17. The summed E-state index contributed by atoms with van der Waals surface area (Å²) >= 11 is 2.37. The van der Waals surface area contributed by atoms with Crippen LogP contribution in [0.2, 0.25) is 0 Å². The topological polar surface area (TPSA) is 0 Å². The smallest absolute Gasteiger partial charge is 0.0368 e. The van der Waals surface area contributed by atoms with Crippen LogP contribution in [-0.4, -0.2) is 0 Å².